The second-order valence-electron chi connectivity index (χ2n) is 5.77. The van der Waals surface area contributed by atoms with Gasteiger partial charge >= 0.3 is 0 Å². The van der Waals surface area contributed by atoms with Crippen molar-refractivity contribution in [1.82, 2.24) is 29.8 Å². The third kappa shape index (κ3) is 3.81. The summed E-state index contributed by atoms with van der Waals surface area (Å²) >= 11 is 0. The zero-order chi connectivity index (χ0) is 18.5. The van der Waals surface area contributed by atoms with E-state index in [0.717, 1.165) is 13.0 Å². The van der Waals surface area contributed by atoms with Crippen LogP contribution >= 0.6 is 0 Å². The van der Waals surface area contributed by atoms with Gasteiger partial charge in [0.1, 0.15) is 11.6 Å². The summed E-state index contributed by atoms with van der Waals surface area (Å²) in [4.78, 5) is 8.21. The summed E-state index contributed by atoms with van der Waals surface area (Å²) in [6.45, 7) is 1.43. The second kappa shape index (κ2) is 7.73. The maximum atomic E-state index is 14.1. The first-order valence-corrected chi connectivity index (χ1v) is 8.53. The van der Waals surface area contributed by atoms with Gasteiger partial charge in [0.25, 0.3) is 0 Å². The number of hydrogen-bond acceptors (Lipinski definition) is 7. The van der Waals surface area contributed by atoms with Crippen LogP contribution in [0.2, 0.25) is 0 Å². The van der Waals surface area contributed by atoms with Crippen LogP contribution in [0.4, 0.5) is 16.2 Å². The topological polar surface area (TPSA) is 92.9 Å². The van der Waals surface area contributed by atoms with Gasteiger partial charge in [-0.15, -0.1) is 15.3 Å². The number of benzene rings is 1. The Morgan fingerprint density at radius 3 is 2.56 bits per heavy atom. The molecule has 3 heterocycles. The Balaban J connectivity index is 1.41. The van der Waals surface area contributed by atoms with E-state index < -0.39 is 0 Å². The fourth-order valence-electron chi connectivity index (χ4n) is 2.59. The molecule has 136 valence electrons. The van der Waals surface area contributed by atoms with E-state index in [1.54, 1.807) is 42.7 Å². The lowest BCUT2D eigenvalue weighted by Crippen LogP contribution is -2.12. The maximum Gasteiger partial charge on any atom is 0.222 e. The van der Waals surface area contributed by atoms with E-state index in [0.29, 0.717) is 35.3 Å². The van der Waals surface area contributed by atoms with Gasteiger partial charge in [-0.3, -0.25) is 0 Å². The van der Waals surface area contributed by atoms with E-state index in [1.807, 2.05) is 6.07 Å². The van der Waals surface area contributed by atoms with Crippen LogP contribution in [0.25, 0.3) is 17.0 Å². The molecule has 0 fully saturated rings. The molecule has 9 heteroatoms. The lowest BCUT2D eigenvalue weighted by atomic mass is 10.2. The van der Waals surface area contributed by atoms with Crippen molar-refractivity contribution in [3.8, 4) is 11.4 Å². The highest BCUT2D eigenvalue weighted by Crippen LogP contribution is 2.21. The molecule has 0 aliphatic heterocycles. The minimum atomic E-state index is -0.360. The molecule has 27 heavy (non-hydrogen) atoms. The fraction of sp³-hybridized carbons (Fsp3) is 0.167. The van der Waals surface area contributed by atoms with Crippen molar-refractivity contribution in [2.45, 2.75) is 6.42 Å². The van der Waals surface area contributed by atoms with Gasteiger partial charge in [-0.25, -0.2) is 14.4 Å². The minimum absolute atomic E-state index is 0.360. The van der Waals surface area contributed by atoms with Gasteiger partial charge in [-0.2, -0.15) is 4.52 Å². The van der Waals surface area contributed by atoms with E-state index >= 15 is 0 Å². The predicted molar refractivity (Wildman–Crippen MR) is 99.8 cm³/mol. The summed E-state index contributed by atoms with van der Waals surface area (Å²) in [5.74, 6) is 1.28. The zero-order valence-corrected chi connectivity index (χ0v) is 14.4. The summed E-state index contributed by atoms with van der Waals surface area (Å²) in [5, 5.41) is 19.0. The van der Waals surface area contributed by atoms with Crippen molar-refractivity contribution < 1.29 is 4.39 Å². The summed E-state index contributed by atoms with van der Waals surface area (Å²) in [6.07, 6.45) is 4.23. The van der Waals surface area contributed by atoms with Crippen LogP contribution in [0.1, 0.15) is 6.42 Å². The molecule has 0 bridgehead atoms. The van der Waals surface area contributed by atoms with Crippen molar-refractivity contribution in [3.63, 3.8) is 0 Å². The number of aromatic nitrogens is 6. The summed E-state index contributed by atoms with van der Waals surface area (Å²) in [5.41, 5.74) is 0.920. The Kier molecular flexibility index (Phi) is 4.82. The highest BCUT2D eigenvalue weighted by molar-refractivity contribution is 5.60. The highest BCUT2D eigenvalue weighted by atomic mass is 19.1. The highest BCUT2D eigenvalue weighted by Gasteiger charge is 2.13. The average Bonchev–Trinajstić information content (AvgIpc) is 3.12. The number of halogens is 1. The first-order valence-electron chi connectivity index (χ1n) is 8.53. The maximum absolute atomic E-state index is 14.1. The van der Waals surface area contributed by atoms with Crippen LogP contribution in [0.3, 0.4) is 0 Å². The normalized spacial score (nSPS) is 10.9. The van der Waals surface area contributed by atoms with E-state index in [4.69, 9.17) is 0 Å². The number of fused-ring (bicyclic) bond motifs is 1. The molecule has 8 nitrogen and oxygen atoms in total. The average molecular weight is 364 g/mol. The molecule has 0 saturated heterocycles. The third-order valence-corrected chi connectivity index (χ3v) is 3.89. The van der Waals surface area contributed by atoms with E-state index in [-0.39, 0.29) is 5.82 Å². The number of rotatable bonds is 7. The molecule has 1 aromatic carbocycles. The predicted octanol–water partition coefficient (Wildman–Crippen LogP) is 2.63. The molecule has 3 aromatic heterocycles. The van der Waals surface area contributed by atoms with Crippen molar-refractivity contribution in [1.29, 1.82) is 0 Å². The number of anilines is 2. The first-order chi connectivity index (χ1) is 13.3. The van der Waals surface area contributed by atoms with Gasteiger partial charge in [-0.05, 0) is 36.8 Å². The van der Waals surface area contributed by atoms with Gasteiger partial charge in [-0.1, -0.05) is 12.1 Å². The van der Waals surface area contributed by atoms with Crippen LogP contribution in [0.5, 0.6) is 0 Å². The van der Waals surface area contributed by atoms with E-state index in [9.17, 15) is 4.39 Å². The van der Waals surface area contributed by atoms with Crippen LogP contribution < -0.4 is 10.6 Å². The van der Waals surface area contributed by atoms with Crippen molar-refractivity contribution in [3.05, 3.63) is 60.7 Å². The van der Waals surface area contributed by atoms with Crippen molar-refractivity contribution in [2.75, 3.05) is 23.7 Å². The van der Waals surface area contributed by atoms with E-state index in [2.05, 4.69) is 35.9 Å². The van der Waals surface area contributed by atoms with Crippen molar-refractivity contribution >= 4 is 17.4 Å². The van der Waals surface area contributed by atoms with Crippen molar-refractivity contribution in [2.24, 2.45) is 0 Å². The second-order valence-corrected chi connectivity index (χ2v) is 5.77. The number of hydrogen-bond donors (Lipinski definition) is 2. The minimum Gasteiger partial charge on any atom is -0.369 e. The molecule has 4 rings (SSSR count). The Hall–Kier alpha value is -3.62. The molecule has 0 aliphatic carbocycles. The first kappa shape index (κ1) is 16.8. The summed E-state index contributed by atoms with van der Waals surface area (Å²) in [7, 11) is 0. The van der Waals surface area contributed by atoms with Gasteiger partial charge in [0.15, 0.2) is 11.5 Å². The van der Waals surface area contributed by atoms with Crippen LogP contribution in [0, 0.1) is 5.82 Å². The Morgan fingerprint density at radius 1 is 0.889 bits per heavy atom. The van der Waals surface area contributed by atoms with Gasteiger partial charge in [0.05, 0.1) is 5.56 Å². The Labute approximate surface area is 154 Å². The van der Waals surface area contributed by atoms with Crippen LogP contribution in [0.15, 0.2) is 54.9 Å². The molecule has 0 amide bonds. The molecular weight excluding hydrogens is 347 g/mol. The monoisotopic (exact) mass is 364 g/mol. The largest absolute Gasteiger partial charge is 0.369 e. The zero-order valence-electron chi connectivity index (χ0n) is 14.4. The molecule has 0 unspecified atom stereocenters. The quantitative estimate of drug-likeness (QED) is 0.487. The van der Waals surface area contributed by atoms with E-state index in [1.165, 1.54) is 10.6 Å². The molecule has 0 atom stereocenters. The molecule has 0 saturated carbocycles. The smallest absolute Gasteiger partial charge is 0.222 e. The molecule has 4 aromatic rings. The molecule has 0 radical (unpaired) electrons. The molecule has 0 spiro atoms. The summed E-state index contributed by atoms with van der Waals surface area (Å²) < 4.78 is 15.6. The van der Waals surface area contributed by atoms with Crippen LogP contribution in [-0.2, 0) is 0 Å². The van der Waals surface area contributed by atoms with Crippen LogP contribution in [-0.4, -0.2) is 42.9 Å². The lowest BCUT2D eigenvalue weighted by Gasteiger charge is -2.07. The standard InChI is InChI=1S/C18H17FN8/c19-14-6-2-1-5-13(14)17-25-24-16-8-7-15(26-27(16)17)20-9-3-10-21-18-22-11-4-12-23-18/h1-2,4-8,11-12H,3,9-10H2,(H,20,26)(H,21,22,23). The van der Waals surface area contributed by atoms with Gasteiger partial charge < -0.3 is 10.6 Å². The molecule has 2 N–H and O–H groups in total. The Morgan fingerprint density at radius 2 is 1.70 bits per heavy atom. The number of nitrogens with one attached hydrogen (secondary N) is 2. The summed E-state index contributed by atoms with van der Waals surface area (Å²) in [6, 6.07) is 11.8. The fourth-order valence-corrected chi connectivity index (χ4v) is 2.59. The SMILES string of the molecule is Fc1ccccc1-c1nnc2ccc(NCCCNc3ncccn3)nn12. The van der Waals surface area contributed by atoms with Gasteiger partial charge in [0, 0.05) is 25.5 Å². The molecular formula is C18H17FN8. The third-order valence-electron chi connectivity index (χ3n) is 3.89. The number of nitrogens with zero attached hydrogens (tertiary/aromatic N) is 6. The van der Waals surface area contributed by atoms with Gasteiger partial charge in [0.2, 0.25) is 5.95 Å². The lowest BCUT2D eigenvalue weighted by molar-refractivity contribution is 0.629. The Bertz CT molecular complexity index is 1030. The molecule has 0 aliphatic rings.